The number of nitrogens with zero attached hydrogens (tertiary/aromatic N) is 3. The van der Waals surface area contributed by atoms with Crippen LogP contribution in [0.2, 0.25) is 0 Å². The first-order chi connectivity index (χ1) is 16.6. The zero-order valence-corrected chi connectivity index (χ0v) is 20.5. The predicted octanol–water partition coefficient (Wildman–Crippen LogP) is 5.25. The highest BCUT2D eigenvalue weighted by Crippen LogP contribution is 2.39. The number of thiocarbonyl (C=S) groups is 1. The molecule has 0 radical (unpaired) electrons. The van der Waals surface area contributed by atoms with Crippen molar-refractivity contribution in [3.63, 3.8) is 0 Å². The summed E-state index contributed by atoms with van der Waals surface area (Å²) in [6.45, 7) is 0.110. The van der Waals surface area contributed by atoms with E-state index in [2.05, 4.69) is 54.3 Å². The first kappa shape index (κ1) is 22.3. The lowest BCUT2D eigenvalue weighted by atomic mass is 10.0. The number of rotatable bonds is 6. The second-order valence-electron chi connectivity index (χ2n) is 7.95. The number of halogens is 1. The standard InChI is InChI=1S/C26H22BrN5OS/c27-18-8-6-11-20(16-18)31-15-7-13-22(31)25-24(21-12-4-5-14-28-21)30-26(34)32(25)17-23(33)29-19-9-2-1-3-10-19/h1-16,24-25H,17H2,(H,29,33)(H,30,34)/t24-,25+/m0/s1. The van der Waals surface area contributed by atoms with Crippen molar-refractivity contribution in [2.75, 3.05) is 11.9 Å². The zero-order valence-electron chi connectivity index (χ0n) is 18.1. The maximum absolute atomic E-state index is 13.0. The molecule has 0 bridgehead atoms. The summed E-state index contributed by atoms with van der Waals surface area (Å²) in [5, 5.41) is 6.90. The fraction of sp³-hybridized carbons (Fsp3) is 0.115. The van der Waals surface area contributed by atoms with Crippen molar-refractivity contribution < 1.29 is 4.79 Å². The topological polar surface area (TPSA) is 62.2 Å². The third-order valence-corrected chi connectivity index (χ3v) is 6.58. The first-order valence-electron chi connectivity index (χ1n) is 10.9. The van der Waals surface area contributed by atoms with Crippen LogP contribution in [-0.2, 0) is 4.79 Å². The lowest BCUT2D eigenvalue weighted by Crippen LogP contribution is -2.37. The van der Waals surface area contributed by atoms with E-state index in [0.29, 0.717) is 5.11 Å². The van der Waals surface area contributed by atoms with Crippen LogP contribution in [0.1, 0.15) is 23.5 Å². The number of anilines is 1. The van der Waals surface area contributed by atoms with Gasteiger partial charge < -0.3 is 20.1 Å². The minimum absolute atomic E-state index is 0.110. The first-order valence-corrected chi connectivity index (χ1v) is 12.1. The largest absolute Gasteiger partial charge is 0.352 e. The van der Waals surface area contributed by atoms with Gasteiger partial charge in [0.25, 0.3) is 0 Å². The molecule has 6 nitrogen and oxygen atoms in total. The third-order valence-electron chi connectivity index (χ3n) is 5.74. The molecular weight excluding hydrogens is 510 g/mol. The molecule has 34 heavy (non-hydrogen) atoms. The lowest BCUT2D eigenvalue weighted by molar-refractivity contribution is -0.116. The molecular formula is C26H22BrN5OS. The monoisotopic (exact) mass is 531 g/mol. The Hall–Kier alpha value is -3.49. The molecule has 0 unspecified atom stereocenters. The number of carbonyl (C=O) groups is 1. The van der Waals surface area contributed by atoms with Gasteiger partial charge >= 0.3 is 0 Å². The molecule has 1 amide bonds. The van der Waals surface area contributed by atoms with Crippen LogP contribution in [0.4, 0.5) is 5.69 Å². The maximum atomic E-state index is 13.0. The highest BCUT2D eigenvalue weighted by Gasteiger charge is 2.42. The Morgan fingerprint density at radius 3 is 2.62 bits per heavy atom. The number of para-hydroxylation sites is 1. The minimum atomic E-state index is -0.238. The van der Waals surface area contributed by atoms with Crippen LogP contribution in [0.25, 0.3) is 5.69 Å². The van der Waals surface area contributed by atoms with E-state index in [4.69, 9.17) is 12.2 Å². The number of hydrogen-bond acceptors (Lipinski definition) is 3. The number of hydrogen-bond donors (Lipinski definition) is 2. The molecule has 3 heterocycles. The molecule has 1 saturated heterocycles. The molecule has 2 atom stereocenters. The fourth-order valence-corrected chi connectivity index (χ4v) is 4.96. The predicted molar refractivity (Wildman–Crippen MR) is 141 cm³/mol. The molecule has 0 aliphatic carbocycles. The quantitative estimate of drug-likeness (QED) is 0.333. The van der Waals surface area contributed by atoms with E-state index in [-0.39, 0.29) is 24.5 Å². The number of pyridine rings is 1. The van der Waals surface area contributed by atoms with Gasteiger partial charge in [-0.05, 0) is 66.8 Å². The molecule has 0 saturated carbocycles. The number of aromatic nitrogens is 2. The molecule has 0 spiro atoms. The van der Waals surface area contributed by atoms with E-state index >= 15 is 0 Å². The van der Waals surface area contributed by atoms with Gasteiger partial charge in [0.05, 0.1) is 17.8 Å². The van der Waals surface area contributed by atoms with Crippen molar-refractivity contribution >= 4 is 44.9 Å². The van der Waals surface area contributed by atoms with Crippen molar-refractivity contribution in [1.29, 1.82) is 0 Å². The summed E-state index contributed by atoms with van der Waals surface area (Å²) in [5.41, 5.74) is 3.64. The number of benzene rings is 2. The molecule has 1 fully saturated rings. The Balaban J connectivity index is 1.52. The Labute approximate surface area is 211 Å². The molecule has 2 aromatic heterocycles. The highest BCUT2D eigenvalue weighted by atomic mass is 79.9. The fourth-order valence-electron chi connectivity index (χ4n) is 4.27. The normalized spacial score (nSPS) is 17.4. The van der Waals surface area contributed by atoms with Crippen LogP contribution >= 0.6 is 28.1 Å². The van der Waals surface area contributed by atoms with E-state index in [1.165, 1.54) is 0 Å². The Morgan fingerprint density at radius 1 is 1.03 bits per heavy atom. The Morgan fingerprint density at radius 2 is 1.85 bits per heavy atom. The van der Waals surface area contributed by atoms with Crippen LogP contribution in [-0.4, -0.2) is 32.0 Å². The Bertz CT molecular complexity index is 1310. The van der Waals surface area contributed by atoms with Gasteiger partial charge in [-0.15, -0.1) is 0 Å². The molecule has 2 aromatic carbocycles. The summed E-state index contributed by atoms with van der Waals surface area (Å²) in [7, 11) is 0. The van der Waals surface area contributed by atoms with Gasteiger partial charge in [0, 0.05) is 33.9 Å². The second kappa shape index (κ2) is 9.79. The van der Waals surface area contributed by atoms with Crippen LogP contribution in [0.15, 0.2) is 102 Å². The van der Waals surface area contributed by atoms with Crippen molar-refractivity contribution in [2.24, 2.45) is 0 Å². The van der Waals surface area contributed by atoms with Crippen LogP contribution in [0.3, 0.4) is 0 Å². The minimum Gasteiger partial charge on any atom is -0.352 e. The number of nitrogens with one attached hydrogen (secondary N) is 2. The summed E-state index contributed by atoms with van der Waals surface area (Å²) in [6.07, 6.45) is 3.80. The molecule has 170 valence electrons. The van der Waals surface area contributed by atoms with E-state index in [0.717, 1.165) is 27.2 Å². The van der Waals surface area contributed by atoms with Gasteiger partial charge in [-0.25, -0.2) is 0 Å². The van der Waals surface area contributed by atoms with Crippen LogP contribution < -0.4 is 10.6 Å². The molecule has 1 aliphatic rings. The lowest BCUT2D eigenvalue weighted by Gasteiger charge is -2.28. The summed E-state index contributed by atoms with van der Waals surface area (Å²) in [6, 6.07) is 27.0. The van der Waals surface area contributed by atoms with Crippen molar-refractivity contribution in [1.82, 2.24) is 19.8 Å². The Kier molecular flexibility index (Phi) is 6.42. The van der Waals surface area contributed by atoms with Crippen molar-refractivity contribution in [3.05, 3.63) is 113 Å². The van der Waals surface area contributed by atoms with E-state index < -0.39 is 0 Å². The summed E-state index contributed by atoms with van der Waals surface area (Å²) < 4.78 is 3.12. The molecule has 4 aromatic rings. The number of carbonyl (C=O) groups excluding carboxylic acids is 1. The van der Waals surface area contributed by atoms with E-state index in [1.54, 1.807) is 6.20 Å². The van der Waals surface area contributed by atoms with E-state index in [9.17, 15) is 4.79 Å². The SMILES string of the molecule is O=C(CN1C(=S)N[C@@H](c2ccccn2)[C@H]1c1cccn1-c1cccc(Br)c1)Nc1ccccc1. The average Bonchev–Trinajstić information content (AvgIpc) is 3.45. The van der Waals surface area contributed by atoms with Crippen molar-refractivity contribution in [3.8, 4) is 5.69 Å². The maximum Gasteiger partial charge on any atom is 0.244 e. The van der Waals surface area contributed by atoms with Gasteiger partial charge in [0.15, 0.2) is 5.11 Å². The molecule has 1 aliphatic heterocycles. The van der Waals surface area contributed by atoms with E-state index in [1.807, 2.05) is 77.8 Å². The van der Waals surface area contributed by atoms with Gasteiger partial charge in [-0.3, -0.25) is 9.78 Å². The highest BCUT2D eigenvalue weighted by molar-refractivity contribution is 9.10. The molecule has 5 rings (SSSR count). The van der Waals surface area contributed by atoms with Gasteiger partial charge in [-0.1, -0.05) is 46.3 Å². The van der Waals surface area contributed by atoms with Crippen LogP contribution in [0.5, 0.6) is 0 Å². The summed E-state index contributed by atoms with van der Waals surface area (Å²) >= 11 is 9.29. The third kappa shape index (κ3) is 4.60. The van der Waals surface area contributed by atoms with Gasteiger partial charge in [0.1, 0.15) is 6.54 Å². The zero-order chi connectivity index (χ0) is 23.5. The summed E-state index contributed by atoms with van der Waals surface area (Å²) in [4.78, 5) is 19.5. The average molecular weight is 532 g/mol. The summed E-state index contributed by atoms with van der Waals surface area (Å²) in [5.74, 6) is -0.136. The van der Waals surface area contributed by atoms with Crippen LogP contribution in [0, 0.1) is 0 Å². The number of amides is 1. The van der Waals surface area contributed by atoms with Crippen molar-refractivity contribution in [2.45, 2.75) is 12.1 Å². The van der Waals surface area contributed by atoms with Gasteiger partial charge in [0.2, 0.25) is 5.91 Å². The molecule has 2 N–H and O–H groups in total. The molecule has 8 heteroatoms. The second-order valence-corrected chi connectivity index (χ2v) is 9.25. The smallest absolute Gasteiger partial charge is 0.244 e. The van der Waals surface area contributed by atoms with Gasteiger partial charge in [-0.2, -0.15) is 0 Å².